The normalized spacial score (nSPS) is 25.9. The Morgan fingerprint density at radius 3 is 2.69 bits per heavy atom. The lowest BCUT2D eigenvalue weighted by Gasteiger charge is -2.19. The highest BCUT2D eigenvalue weighted by atomic mass is 32.2. The minimum Gasteiger partial charge on any atom is -0.379 e. The SMILES string of the molecule is CCS(=O)(=O)CCCC(=O)C1(N)CCOC1. The molecule has 0 radical (unpaired) electrons. The van der Waals surface area contributed by atoms with Gasteiger partial charge in [-0.3, -0.25) is 4.79 Å². The van der Waals surface area contributed by atoms with Crippen LogP contribution in [-0.2, 0) is 19.4 Å². The van der Waals surface area contributed by atoms with Gasteiger partial charge in [0.25, 0.3) is 0 Å². The first-order valence-corrected chi connectivity index (χ1v) is 7.32. The molecular formula is C10H19NO4S. The lowest BCUT2D eigenvalue weighted by Crippen LogP contribution is -2.48. The molecule has 2 N–H and O–H groups in total. The van der Waals surface area contributed by atoms with Crippen LogP contribution in [0.25, 0.3) is 0 Å². The maximum atomic E-state index is 11.7. The van der Waals surface area contributed by atoms with Gasteiger partial charge >= 0.3 is 0 Å². The molecule has 94 valence electrons. The molecule has 0 aromatic carbocycles. The van der Waals surface area contributed by atoms with E-state index in [-0.39, 0.29) is 30.3 Å². The van der Waals surface area contributed by atoms with Crippen LogP contribution in [0.2, 0.25) is 0 Å². The van der Waals surface area contributed by atoms with Crippen LogP contribution in [-0.4, -0.2) is 44.5 Å². The van der Waals surface area contributed by atoms with E-state index in [2.05, 4.69) is 0 Å². The molecule has 0 spiro atoms. The number of carbonyl (C=O) groups excluding carboxylic acids is 1. The summed E-state index contributed by atoms with van der Waals surface area (Å²) in [7, 11) is -2.98. The van der Waals surface area contributed by atoms with E-state index in [1.54, 1.807) is 6.92 Å². The molecule has 1 aliphatic heterocycles. The third-order valence-electron chi connectivity index (χ3n) is 2.91. The molecule has 1 heterocycles. The second-order valence-electron chi connectivity index (χ2n) is 4.22. The molecule has 1 rings (SSSR count). The summed E-state index contributed by atoms with van der Waals surface area (Å²) in [6, 6.07) is 0. The summed E-state index contributed by atoms with van der Waals surface area (Å²) in [6.45, 7) is 2.37. The number of hydrogen-bond donors (Lipinski definition) is 1. The van der Waals surface area contributed by atoms with E-state index in [0.29, 0.717) is 19.4 Å². The summed E-state index contributed by atoms with van der Waals surface area (Å²) >= 11 is 0. The molecule has 1 saturated heterocycles. The van der Waals surface area contributed by atoms with Crippen molar-refractivity contribution in [2.24, 2.45) is 5.73 Å². The van der Waals surface area contributed by atoms with Crippen LogP contribution in [0.5, 0.6) is 0 Å². The van der Waals surface area contributed by atoms with E-state index in [1.165, 1.54) is 0 Å². The van der Waals surface area contributed by atoms with Crippen LogP contribution >= 0.6 is 0 Å². The predicted octanol–water partition coefficient (Wildman–Crippen LogP) is -0.112. The first-order valence-electron chi connectivity index (χ1n) is 5.50. The van der Waals surface area contributed by atoms with Crippen molar-refractivity contribution in [1.29, 1.82) is 0 Å². The summed E-state index contributed by atoms with van der Waals surface area (Å²) < 4.78 is 27.5. The first kappa shape index (κ1) is 13.6. The minimum absolute atomic E-state index is 0.0617. The molecule has 1 unspecified atom stereocenters. The highest BCUT2D eigenvalue weighted by Crippen LogP contribution is 2.19. The molecule has 0 aromatic heterocycles. The fourth-order valence-corrected chi connectivity index (χ4v) is 2.52. The average Bonchev–Trinajstić information content (AvgIpc) is 2.66. The second kappa shape index (κ2) is 5.25. The van der Waals surface area contributed by atoms with Gasteiger partial charge in [-0.2, -0.15) is 0 Å². The number of ether oxygens (including phenoxy) is 1. The Bertz CT molecular complexity index is 344. The Kier molecular flexibility index (Phi) is 4.46. The van der Waals surface area contributed by atoms with Gasteiger partial charge in [0.15, 0.2) is 5.78 Å². The Labute approximate surface area is 96.3 Å². The third kappa shape index (κ3) is 3.54. The van der Waals surface area contributed by atoms with Gasteiger partial charge in [-0.25, -0.2) is 8.42 Å². The summed E-state index contributed by atoms with van der Waals surface area (Å²) in [5.41, 5.74) is 4.98. The summed E-state index contributed by atoms with van der Waals surface area (Å²) in [4.78, 5) is 11.7. The number of hydrogen-bond acceptors (Lipinski definition) is 5. The van der Waals surface area contributed by atoms with Gasteiger partial charge in [-0.1, -0.05) is 6.92 Å². The van der Waals surface area contributed by atoms with Gasteiger partial charge in [0.05, 0.1) is 12.4 Å². The number of rotatable bonds is 6. The zero-order valence-electron chi connectivity index (χ0n) is 9.57. The molecule has 0 bridgehead atoms. The number of nitrogens with two attached hydrogens (primary N) is 1. The van der Waals surface area contributed by atoms with Gasteiger partial charge in [0.2, 0.25) is 0 Å². The molecule has 0 aromatic rings. The standard InChI is InChI=1S/C10H19NO4S/c1-2-16(13,14)7-3-4-9(12)10(11)5-6-15-8-10/h2-8,11H2,1H3. The average molecular weight is 249 g/mol. The molecular weight excluding hydrogens is 230 g/mol. The topological polar surface area (TPSA) is 86.5 Å². The van der Waals surface area contributed by atoms with Crippen LogP contribution in [0.4, 0.5) is 0 Å². The van der Waals surface area contributed by atoms with Crippen molar-refractivity contribution in [3.8, 4) is 0 Å². The summed E-state index contributed by atoms with van der Waals surface area (Å²) in [6.07, 6.45) is 1.11. The van der Waals surface area contributed by atoms with Crippen molar-refractivity contribution in [1.82, 2.24) is 0 Å². The van der Waals surface area contributed by atoms with Gasteiger partial charge in [0.1, 0.15) is 15.4 Å². The largest absolute Gasteiger partial charge is 0.379 e. The number of ketones is 1. The van der Waals surface area contributed by atoms with E-state index in [0.717, 1.165) is 0 Å². The lowest BCUT2D eigenvalue weighted by atomic mass is 9.92. The van der Waals surface area contributed by atoms with E-state index < -0.39 is 15.4 Å². The van der Waals surface area contributed by atoms with Gasteiger partial charge in [-0.15, -0.1) is 0 Å². The van der Waals surface area contributed by atoms with Gasteiger partial charge in [-0.05, 0) is 12.8 Å². The van der Waals surface area contributed by atoms with Crippen molar-refractivity contribution in [2.45, 2.75) is 31.7 Å². The smallest absolute Gasteiger partial charge is 0.155 e. The molecule has 5 nitrogen and oxygen atoms in total. The van der Waals surface area contributed by atoms with Crippen molar-refractivity contribution in [3.05, 3.63) is 0 Å². The first-order chi connectivity index (χ1) is 7.40. The fraction of sp³-hybridized carbons (Fsp3) is 0.900. The van der Waals surface area contributed by atoms with E-state index >= 15 is 0 Å². The number of carbonyl (C=O) groups is 1. The van der Waals surface area contributed by atoms with Crippen molar-refractivity contribution >= 4 is 15.6 Å². The lowest BCUT2D eigenvalue weighted by molar-refractivity contribution is -0.124. The van der Waals surface area contributed by atoms with E-state index in [1.807, 2.05) is 0 Å². The summed E-state index contributed by atoms with van der Waals surface area (Å²) in [5.74, 6) is 0.0980. The zero-order valence-corrected chi connectivity index (χ0v) is 10.4. The molecule has 0 saturated carbocycles. The maximum Gasteiger partial charge on any atom is 0.155 e. The number of sulfone groups is 1. The Hall–Kier alpha value is -0.460. The zero-order chi connectivity index (χ0) is 12.2. The van der Waals surface area contributed by atoms with Crippen molar-refractivity contribution < 1.29 is 17.9 Å². The Morgan fingerprint density at radius 1 is 1.50 bits per heavy atom. The van der Waals surface area contributed by atoms with Crippen LogP contribution in [0.3, 0.4) is 0 Å². The van der Waals surface area contributed by atoms with E-state index in [4.69, 9.17) is 10.5 Å². The second-order valence-corrected chi connectivity index (χ2v) is 6.69. The van der Waals surface area contributed by atoms with Crippen molar-refractivity contribution in [3.63, 3.8) is 0 Å². The van der Waals surface area contributed by atoms with Crippen LogP contribution in [0.1, 0.15) is 26.2 Å². The van der Waals surface area contributed by atoms with Gasteiger partial charge < -0.3 is 10.5 Å². The highest BCUT2D eigenvalue weighted by Gasteiger charge is 2.37. The minimum atomic E-state index is -2.98. The third-order valence-corrected chi connectivity index (χ3v) is 4.70. The molecule has 0 aliphatic carbocycles. The van der Waals surface area contributed by atoms with E-state index in [9.17, 15) is 13.2 Å². The highest BCUT2D eigenvalue weighted by molar-refractivity contribution is 7.91. The Morgan fingerprint density at radius 2 is 2.19 bits per heavy atom. The number of Topliss-reactive ketones (excluding diaryl/α,β-unsaturated/α-hetero) is 1. The molecule has 6 heteroatoms. The van der Waals surface area contributed by atoms with Gasteiger partial charge in [0, 0.05) is 18.8 Å². The molecule has 16 heavy (non-hydrogen) atoms. The molecule has 0 amide bonds. The van der Waals surface area contributed by atoms with Crippen LogP contribution < -0.4 is 5.73 Å². The van der Waals surface area contributed by atoms with Crippen LogP contribution in [0, 0.1) is 0 Å². The summed E-state index contributed by atoms with van der Waals surface area (Å²) in [5, 5.41) is 0. The monoisotopic (exact) mass is 249 g/mol. The van der Waals surface area contributed by atoms with Crippen molar-refractivity contribution in [2.75, 3.05) is 24.7 Å². The Balaban J connectivity index is 2.36. The maximum absolute atomic E-state index is 11.7. The molecule has 1 aliphatic rings. The quantitative estimate of drug-likeness (QED) is 0.709. The van der Waals surface area contributed by atoms with Crippen LogP contribution in [0.15, 0.2) is 0 Å². The molecule has 1 fully saturated rings. The molecule has 1 atom stereocenters. The fourth-order valence-electron chi connectivity index (χ4n) is 1.65. The predicted molar refractivity (Wildman–Crippen MR) is 60.9 cm³/mol.